The van der Waals surface area contributed by atoms with Crippen LogP contribution in [0.5, 0.6) is 11.5 Å². The highest BCUT2D eigenvalue weighted by atomic mass is 16.5. The van der Waals surface area contributed by atoms with E-state index < -0.39 is 0 Å². The van der Waals surface area contributed by atoms with Crippen LogP contribution >= 0.6 is 0 Å². The first kappa shape index (κ1) is 14.6. The molecule has 4 aromatic carbocycles. The second-order valence-electron chi connectivity index (χ2n) is 5.76. The van der Waals surface area contributed by atoms with Crippen LogP contribution in [0.25, 0.3) is 21.5 Å². The zero-order valence-electron chi connectivity index (χ0n) is 13.5. The minimum atomic E-state index is 0.536. The minimum Gasteiger partial charge on any atom is -0.497 e. The number of methoxy groups -OCH3 is 1. The van der Waals surface area contributed by atoms with Gasteiger partial charge >= 0.3 is 0 Å². The standard InChI is InChI=1S/C22H18O2/c1-23-18-10-12-19(13-11-18)24-15-22-20-8-4-2-6-16(20)14-17-7-3-5-9-21(17)22/h2-14H,15H2,1H3. The molecule has 118 valence electrons. The van der Waals surface area contributed by atoms with E-state index in [0.717, 1.165) is 11.5 Å². The zero-order valence-corrected chi connectivity index (χ0v) is 13.5. The summed E-state index contributed by atoms with van der Waals surface area (Å²) in [6, 6.07) is 26.9. The van der Waals surface area contributed by atoms with E-state index in [0.29, 0.717) is 6.61 Å². The van der Waals surface area contributed by atoms with Crippen molar-refractivity contribution in [1.82, 2.24) is 0 Å². The van der Waals surface area contributed by atoms with Crippen LogP contribution in [0.4, 0.5) is 0 Å². The molecule has 0 amide bonds. The summed E-state index contributed by atoms with van der Waals surface area (Å²) in [7, 11) is 1.66. The van der Waals surface area contributed by atoms with Gasteiger partial charge in [0.2, 0.25) is 0 Å². The number of rotatable bonds is 4. The largest absolute Gasteiger partial charge is 0.497 e. The Morgan fingerprint density at radius 2 is 1.21 bits per heavy atom. The normalized spacial score (nSPS) is 10.9. The van der Waals surface area contributed by atoms with E-state index in [2.05, 4.69) is 54.6 Å². The molecule has 0 unspecified atom stereocenters. The van der Waals surface area contributed by atoms with Crippen LogP contribution in [0, 0.1) is 0 Å². The van der Waals surface area contributed by atoms with E-state index in [1.54, 1.807) is 7.11 Å². The number of benzene rings is 4. The molecule has 24 heavy (non-hydrogen) atoms. The van der Waals surface area contributed by atoms with Gasteiger partial charge in [-0.25, -0.2) is 0 Å². The molecule has 0 aliphatic carbocycles. The van der Waals surface area contributed by atoms with E-state index in [1.807, 2.05) is 24.3 Å². The lowest BCUT2D eigenvalue weighted by Crippen LogP contribution is -1.98. The van der Waals surface area contributed by atoms with Gasteiger partial charge in [-0.05, 0) is 51.9 Å². The molecule has 4 aromatic rings. The van der Waals surface area contributed by atoms with Gasteiger partial charge in [0.15, 0.2) is 0 Å². The van der Waals surface area contributed by atoms with Crippen molar-refractivity contribution in [3.63, 3.8) is 0 Å². The van der Waals surface area contributed by atoms with Crippen molar-refractivity contribution in [3.8, 4) is 11.5 Å². The van der Waals surface area contributed by atoms with E-state index in [4.69, 9.17) is 9.47 Å². The summed E-state index contributed by atoms with van der Waals surface area (Å²) in [6.07, 6.45) is 0. The number of ether oxygens (including phenoxy) is 2. The molecule has 2 heteroatoms. The Morgan fingerprint density at radius 1 is 0.667 bits per heavy atom. The molecule has 0 radical (unpaired) electrons. The van der Waals surface area contributed by atoms with Crippen molar-refractivity contribution in [2.45, 2.75) is 6.61 Å². The predicted molar refractivity (Wildman–Crippen MR) is 98.8 cm³/mol. The molecular formula is C22H18O2. The molecule has 0 heterocycles. The lowest BCUT2D eigenvalue weighted by molar-refractivity contribution is 0.308. The van der Waals surface area contributed by atoms with Gasteiger partial charge in [-0.15, -0.1) is 0 Å². The third-order valence-electron chi connectivity index (χ3n) is 4.33. The number of fused-ring (bicyclic) bond motifs is 2. The van der Waals surface area contributed by atoms with Gasteiger partial charge < -0.3 is 9.47 Å². The van der Waals surface area contributed by atoms with E-state index in [-0.39, 0.29) is 0 Å². The highest BCUT2D eigenvalue weighted by Gasteiger charge is 2.08. The Bertz CT molecular complexity index is 934. The van der Waals surface area contributed by atoms with Crippen LogP contribution in [0.1, 0.15) is 5.56 Å². The highest BCUT2D eigenvalue weighted by Crippen LogP contribution is 2.29. The fourth-order valence-electron chi connectivity index (χ4n) is 3.09. The van der Waals surface area contributed by atoms with Gasteiger partial charge in [-0.1, -0.05) is 48.5 Å². The number of hydrogen-bond acceptors (Lipinski definition) is 2. The zero-order chi connectivity index (χ0) is 16.4. The third-order valence-corrected chi connectivity index (χ3v) is 4.33. The Balaban J connectivity index is 1.75. The van der Waals surface area contributed by atoms with Gasteiger partial charge in [0, 0.05) is 5.56 Å². The first-order chi connectivity index (χ1) is 11.8. The summed E-state index contributed by atoms with van der Waals surface area (Å²) < 4.78 is 11.2. The minimum absolute atomic E-state index is 0.536. The van der Waals surface area contributed by atoms with Crippen LogP contribution in [0.3, 0.4) is 0 Å². The maximum Gasteiger partial charge on any atom is 0.120 e. The molecule has 0 saturated carbocycles. The molecule has 0 aromatic heterocycles. The average Bonchev–Trinajstić information content (AvgIpc) is 2.65. The summed E-state index contributed by atoms with van der Waals surface area (Å²) >= 11 is 0. The predicted octanol–water partition coefficient (Wildman–Crippen LogP) is 5.58. The second-order valence-corrected chi connectivity index (χ2v) is 5.76. The van der Waals surface area contributed by atoms with Crippen molar-refractivity contribution in [3.05, 3.63) is 84.4 Å². The second kappa shape index (κ2) is 6.25. The maximum absolute atomic E-state index is 6.05. The molecule has 0 N–H and O–H groups in total. The van der Waals surface area contributed by atoms with E-state index >= 15 is 0 Å². The van der Waals surface area contributed by atoms with Crippen LogP contribution in [0.2, 0.25) is 0 Å². The molecule has 0 aliphatic rings. The summed E-state index contributed by atoms with van der Waals surface area (Å²) in [5.74, 6) is 1.67. The van der Waals surface area contributed by atoms with Gasteiger partial charge in [-0.3, -0.25) is 0 Å². The van der Waals surface area contributed by atoms with Gasteiger partial charge in [0.25, 0.3) is 0 Å². The molecule has 0 bridgehead atoms. The molecule has 0 atom stereocenters. The fourth-order valence-corrected chi connectivity index (χ4v) is 3.09. The summed E-state index contributed by atoms with van der Waals surface area (Å²) in [5.41, 5.74) is 1.22. The monoisotopic (exact) mass is 314 g/mol. The summed E-state index contributed by atoms with van der Waals surface area (Å²) in [5, 5.41) is 4.96. The van der Waals surface area contributed by atoms with Crippen molar-refractivity contribution in [1.29, 1.82) is 0 Å². The first-order valence-electron chi connectivity index (χ1n) is 8.01. The highest BCUT2D eigenvalue weighted by molar-refractivity contribution is 6.02. The molecular weight excluding hydrogens is 296 g/mol. The van der Waals surface area contributed by atoms with Crippen LogP contribution in [-0.4, -0.2) is 7.11 Å². The van der Waals surface area contributed by atoms with Crippen molar-refractivity contribution in [2.24, 2.45) is 0 Å². The first-order valence-corrected chi connectivity index (χ1v) is 8.01. The molecule has 2 nitrogen and oxygen atoms in total. The Morgan fingerprint density at radius 3 is 1.79 bits per heavy atom. The molecule has 0 fully saturated rings. The van der Waals surface area contributed by atoms with E-state index in [1.165, 1.54) is 27.1 Å². The van der Waals surface area contributed by atoms with Crippen LogP contribution < -0.4 is 9.47 Å². The van der Waals surface area contributed by atoms with Crippen LogP contribution in [0.15, 0.2) is 78.9 Å². The Kier molecular flexibility index (Phi) is 3.80. The third kappa shape index (κ3) is 2.67. The maximum atomic E-state index is 6.05. The Labute approximate surface area is 141 Å². The Hall–Kier alpha value is -3.00. The topological polar surface area (TPSA) is 18.5 Å². The van der Waals surface area contributed by atoms with Gasteiger partial charge in [0.1, 0.15) is 18.1 Å². The quantitative estimate of drug-likeness (QED) is 0.458. The van der Waals surface area contributed by atoms with Crippen molar-refractivity contribution in [2.75, 3.05) is 7.11 Å². The molecule has 4 rings (SSSR count). The van der Waals surface area contributed by atoms with Crippen molar-refractivity contribution >= 4 is 21.5 Å². The van der Waals surface area contributed by atoms with Crippen molar-refractivity contribution < 1.29 is 9.47 Å². The lowest BCUT2D eigenvalue weighted by Gasteiger charge is -2.13. The number of hydrogen-bond donors (Lipinski definition) is 0. The van der Waals surface area contributed by atoms with Crippen LogP contribution in [-0.2, 0) is 6.61 Å². The van der Waals surface area contributed by atoms with Gasteiger partial charge in [-0.2, -0.15) is 0 Å². The summed E-state index contributed by atoms with van der Waals surface area (Å²) in [6.45, 7) is 0.536. The van der Waals surface area contributed by atoms with Gasteiger partial charge in [0.05, 0.1) is 7.11 Å². The molecule has 0 spiro atoms. The summed E-state index contributed by atoms with van der Waals surface area (Å²) in [4.78, 5) is 0. The fraction of sp³-hybridized carbons (Fsp3) is 0.0909. The van der Waals surface area contributed by atoms with E-state index in [9.17, 15) is 0 Å². The smallest absolute Gasteiger partial charge is 0.120 e. The average molecular weight is 314 g/mol. The SMILES string of the molecule is COc1ccc(OCc2c3ccccc3cc3ccccc23)cc1. The molecule has 0 saturated heterocycles. The molecule has 0 aliphatic heterocycles. The lowest BCUT2D eigenvalue weighted by atomic mass is 9.97.